The van der Waals surface area contributed by atoms with Gasteiger partial charge >= 0.3 is 0 Å². The lowest BCUT2D eigenvalue weighted by atomic mass is 9.96. The molecule has 0 spiro atoms. The summed E-state index contributed by atoms with van der Waals surface area (Å²) < 4.78 is 1.89. The fourth-order valence-corrected chi connectivity index (χ4v) is 3.19. The average molecular weight is 264 g/mol. The highest BCUT2D eigenvalue weighted by molar-refractivity contribution is 5.04. The largest absolute Gasteiger partial charge is 0.313 e. The van der Waals surface area contributed by atoms with Gasteiger partial charge in [0.15, 0.2) is 0 Å². The highest BCUT2D eigenvalue weighted by Gasteiger charge is 2.26. The molecule has 0 aromatic carbocycles. The Balaban J connectivity index is 1.88. The van der Waals surface area contributed by atoms with Crippen molar-refractivity contribution in [2.24, 2.45) is 7.05 Å². The Labute approximate surface area is 117 Å². The molecular formula is C15H28N4. The van der Waals surface area contributed by atoms with Gasteiger partial charge in [0, 0.05) is 31.9 Å². The topological polar surface area (TPSA) is 33.1 Å². The summed E-state index contributed by atoms with van der Waals surface area (Å²) in [6, 6.07) is 1.30. The molecule has 0 aliphatic carbocycles. The van der Waals surface area contributed by atoms with Crippen LogP contribution in [0.5, 0.6) is 0 Å². The SMILES string of the molecule is CCNC(C)C1CCCCN1CCc1cnn(C)c1. The van der Waals surface area contributed by atoms with E-state index in [1.807, 2.05) is 17.9 Å². The van der Waals surface area contributed by atoms with Gasteiger partial charge in [0.1, 0.15) is 0 Å². The van der Waals surface area contributed by atoms with Gasteiger partial charge in [-0.3, -0.25) is 9.58 Å². The second-order valence-corrected chi connectivity index (χ2v) is 5.72. The quantitative estimate of drug-likeness (QED) is 0.851. The molecule has 1 fully saturated rings. The first-order valence-corrected chi connectivity index (χ1v) is 7.65. The molecular weight excluding hydrogens is 236 g/mol. The maximum absolute atomic E-state index is 4.25. The Bertz CT molecular complexity index is 374. The smallest absolute Gasteiger partial charge is 0.0522 e. The van der Waals surface area contributed by atoms with E-state index >= 15 is 0 Å². The molecule has 2 unspecified atom stereocenters. The standard InChI is InChI=1S/C15H28N4/c1-4-16-13(2)15-7-5-6-9-19(15)10-8-14-11-17-18(3)12-14/h11-13,15-16H,4-10H2,1-3H3. The molecule has 2 atom stereocenters. The third-order valence-electron chi connectivity index (χ3n) is 4.21. The molecule has 2 heterocycles. The average Bonchev–Trinajstić information content (AvgIpc) is 2.83. The minimum atomic E-state index is 0.596. The summed E-state index contributed by atoms with van der Waals surface area (Å²) in [5.41, 5.74) is 1.35. The summed E-state index contributed by atoms with van der Waals surface area (Å²) in [7, 11) is 1.99. The summed E-state index contributed by atoms with van der Waals surface area (Å²) in [5.74, 6) is 0. The minimum absolute atomic E-state index is 0.596. The number of likely N-dealkylation sites (N-methyl/N-ethyl adjacent to an activating group) is 1. The summed E-state index contributed by atoms with van der Waals surface area (Å²) in [4.78, 5) is 2.67. The summed E-state index contributed by atoms with van der Waals surface area (Å²) in [6.45, 7) is 8.00. The molecule has 1 aliphatic rings. The number of nitrogens with one attached hydrogen (secondary N) is 1. The number of aryl methyl sites for hydroxylation is 1. The number of hydrogen-bond donors (Lipinski definition) is 1. The maximum Gasteiger partial charge on any atom is 0.0522 e. The second-order valence-electron chi connectivity index (χ2n) is 5.72. The summed E-state index contributed by atoms with van der Waals surface area (Å²) in [6.07, 6.45) is 9.30. The number of likely N-dealkylation sites (tertiary alicyclic amines) is 1. The number of aromatic nitrogens is 2. The van der Waals surface area contributed by atoms with E-state index in [9.17, 15) is 0 Å². The maximum atomic E-state index is 4.25. The van der Waals surface area contributed by atoms with Gasteiger partial charge in [-0.05, 0) is 44.8 Å². The van der Waals surface area contributed by atoms with E-state index in [2.05, 4.69) is 35.4 Å². The van der Waals surface area contributed by atoms with Crippen LogP contribution in [0.2, 0.25) is 0 Å². The van der Waals surface area contributed by atoms with E-state index < -0.39 is 0 Å². The molecule has 1 aromatic heterocycles. The lowest BCUT2D eigenvalue weighted by Gasteiger charge is -2.39. The predicted molar refractivity (Wildman–Crippen MR) is 79.3 cm³/mol. The first-order chi connectivity index (χ1) is 9.20. The van der Waals surface area contributed by atoms with Gasteiger partial charge in [-0.15, -0.1) is 0 Å². The number of nitrogens with zero attached hydrogens (tertiary/aromatic N) is 3. The molecule has 108 valence electrons. The van der Waals surface area contributed by atoms with Crippen LogP contribution in [0.25, 0.3) is 0 Å². The lowest BCUT2D eigenvalue weighted by Crippen LogP contribution is -2.51. The molecule has 0 saturated carbocycles. The van der Waals surface area contributed by atoms with Crippen LogP contribution in [0.1, 0.15) is 38.7 Å². The highest BCUT2D eigenvalue weighted by atomic mass is 15.2. The Morgan fingerprint density at radius 1 is 1.47 bits per heavy atom. The molecule has 1 aliphatic heterocycles. The van der Waals surface area contributed by atoms with Gasteiger partial charge < -0.3 is 5.32 Å². The van der Waals surface area contributed by atoms with Crippen LogP contribution < -0.4 is 5.32 Å². The molecule has 2 rings (SSSR count). The van der Waals surface area contributed by atoms with Gasteiger partial charge in [-0.1, -0.05) is 13.3 Å². The van der Waals surface area contributed by atoms with Crippen molar-refractivity contribution in [3.8, 4) is 0 Å². The Kier molecular flexibility index (Phi) is 5.40. The van der Waals surface area contributed by atoms with Crippen molar-refractivity contribution in [1.82, 2.24) is 20.0 Å². The molecule has 0 amide bonds. The fourth-order valence-electron chi connectivity index (χ4n) is 3.19. The second kappa shape index (κ2) is 7.06. The van der Waals surface area contributed by atoms with E-state index in [-0.39, 0.29) is 0 Å². The van der Waals surface area contributed by atoms with E-state index in [1.54, 1.807) is 0 Å². The third-order valence-corrected chi connectivity index (χ3v) is 4.21. The van der Waals surface area contributed by atoms with Crippen molar-refractivity contribution in [2.45, 2.75) is 51.6 Å². The van der Waals surface area contributed by atoms with Crippen molar-refractivity contribution >= 4 is 0 Å². The van der Waals surface area contributed by atoms with Crippen LogP contribution in [-0.2, 0) is 13.5 Å². The molecule has 4 heteroatoms. The van der Waals surface area contributed by atoms with Crippen LogP contribution in [0, 0.1) is 0 Å². The first-order valence-electron chi connectivity index (χ1n) is 7.65. The minimum Gasteiger partial charge on any atom is -0.313 e. The van der Waals surface area contributed by atoms with Crippen molar-refractivity contribution in [3.63, 3.8) is 0 Å². The van der Waals surface area contributed by atoms with Crippen LogP contribution in [0.15, 0.2) is 12.4 Å². The molecule has 4 nitrogen and oxygen atoms in total. The van der Waals surface area contributed by atoms with Crippen LogP contribution in [0.4, 0.5) is 0 Å². The zero-order chi connectivity index (χ0) is 13.7. The number of hydrogen-bond acceptors (Lipinski definition) is 3. The Morgan fingerprint density at radius 3 is 3.00 bits per heavy atom. The highest BCUT2D eigenvalue weighted by Crippen LogP contribution is 2.20. The van der Waals surface area contributed by atoms with Gasteiger partial charge in [-0.2, -0.15) is 5.10 Å². The molecule has 1 N–H and O–H groups in total. The molecule has 0 radical (unpaired) electrons. The fraction of sp³-hybridized carbons (Fsp3) is 0.800. The van der Waals surface area contributed by atoms with Crippen LogP contribution >= 0.6 is 0 Å². The zero-order valence-corrected chi connectivity index (χ0v) is 12.6. The number of rotatable bonds is 6. The Hall–Kier alpha value is -0.870. The molecule has 1 aromatic rings. The predicted octanol–water partition coefficient (Wildman–Crippen LogP) is 1.82. The third kappa shape index (κ3) is 4.05. The zero-order valence-electron chi connectivity index (χ0n) is 12.6. The lowest BCUT2D eigenvalue weighted by molar-refractivity contribution is 0.121. The van der Waals surface area contributed by atoms with E-state index in [0.29, 0.717) is 12.1 Å². The monoisotopic (exact) mass is 264 g/mol. The van der Waals surface area contributed by atoms with Gasteiger partial charge in [0.25, 0.3) is 0 Å². The van der Waals surface area contributed by atoms with Crippen LogP contribution in [0.3, 0.4) is 0 Å². The first kappa shape index (κ1) is 14.5. The van der Waals surface area contributed by atoms with Gasteiger partial charge in [0.05, 0.1) is 6.20 Å². The summed E-state index contributed by atoms with van der Waals surface area (Å²) in [5, 5.41) is 7.84. The van der Waals surface area contributed by atoms with Gasteiger partial charge in [0.2, 0.25) is 0 Å². The Morgan fingerprint density at radius 2 is 2.32 bits per heavy atom. The van der Waals surface area contributed by atoms with E-state index in [4.69, 9.17) is 0 Å². The van der Waals surface area contributed by atoms with Gasteiger partial charge in [-0.25, -0.2) is 0 Å². The van der Waals surface area contributed by atoms with Crippen molar-refractivity contribution < 1.29 is 0 Å². The van der Waals surface area contributed by atoms with Crippen molar-refractivity contribution in [3.05, 3.63) is 18.0 Å². The molecule has 19 heavy (non-hydrogen) atoms. The number of piperidine rings is 1. The van der Waals surface area contributed by atoms with Crippen molar-refractivity contribution in [2.75, 3.05) is 19.6 Å². The van der Waals surface area contributed by atoms with E-state index in [1.165, 1.54) is 31.4 Å². The van der Waals surface area contributed by atoms with Crippen molar-refractivity contribution in [1.29, 1.82) is 0 Å². The molecule has 1 saturated heterocycles. The van der Waals surface area contributed by atoms with Crippen LogP contribution in [-0.4, -0.2) is 46.4 Å². The van der Waals surface area contributed by atoms with E-state index in [0.717, 1.165) is 19.5 Å². The molecule has 0 bridgehead atoms. The summed E-state index contributed by atoms with van der Waals surface area (Å²) >= 11 is 0. The normalized spacial score (nSPS) is 22.6.